The molecule has 1 atom stereocenters. The zero-order chi connectivity index (χ0) is 17.5. The van der Waals surface area contributed by atoms with Crippen LogP contribution in [0.5, 0.6) is 0 Å². The Morgan fingerprint density at radius 2 is 1.84 bits per heavy atom. The van der Waals surface area contributed by atoms with E-state index in [1.807, 2.05) is 60.7 Å². The minimum atomic E-state index is -0.257. The number of rotatable bonds is 7. The number of para-hydroxylation sites is 1. The average molecular weight is 338 g/mol. The third-order valence-electron chi connectivity index (χ3n) is 4.06. The van der Waals surface area contributed by atoms with Crippen molar-refractivity contribution in [2.45, 2.75) is 25.4 Å². The fourth-order valence-corrected chi connectivity index (χ4v) is 2.80. The lowest BCUT2D eigenvalue weighted by atomic mass is 10.0. The van der Waals surface area contributed by atoms with Gasteiger partial charge in [0.15, 0.2) is 0 Å². The molecule has 5 heteroatoms. The SMILES string of the molecule is O=C(NCc1cc2ccccc2o1)NC(CCCO)c1ccccc1. The van der Waals surface area contributed by atoms with E-state index in [9.17, 15) is 4.79 Å². The van der Waals surface area contributed by atoms with Crippen LogP contribution in [0.25, 0.3) is 11.0 Å². The Hall–Kier alpha value is -2.79. The average Bonchev–Trinajstić information content (AvgIpc) is 3.07. The molecular weight excluding hydrogens is 316 g/mol. The summed E-state index contributed by atoms with van der Waals surface area (Å²) >= 11 is 0. The third-order valence-corrected chi connectivity index (χ3v) is 4.06. The number of carbonyl (C=O) groups is 1. The number of furan rings is 1. The topological polar surface area (TPSA) is 74.5 Å². The fraction of sp³-hybridized carbons (Fsp3) is 0.250. The van der Waals surface area contributed by atoms with E-state index in [1.54, 1.807) is 0 Å². The van der Waals surface area contributed by atoms with Gasteiger partial charge in [0, 0.05) is 12.0 Å². The molecule has 1 aromatic heterocycles. The lowest BCUT2D eigenvalue weighted by molar-refractivity contribution is 0.232. The van der Waals surface area contributed by atoms with E-state index in [0.717, 1.165) is 16.5 Å². The Morgan fingerprint density at radius 1 is 1.08 bits per heavy atom. The normalized spacial score (nSPS) is 12.0. The molecule has 2 aromatic carbocycles. The monoisotopic (exact) mass is 338 g/mol. The van der Waals surface area contributed by atoms with Crippen LogP contribution in [0.2, 0.25) is 0 Å². The fourth-order valence-electron chi connectivity index (χ4n) is 2.80. The van der Waals surface area contributed by atoms with Crippen molar-refractivity contribution >= 4 is 17.0 Å². The van der Waals surface area contributed by atoms with Crippen LogP contribution in [0.1, 0.15) is 30.2 Å². The molecule has 0 saturated heterocycles. The Bertz CT molecular complexity index is 781. The molecule has 0 saturated carbocycles. The van der Waals surface area contributed by atoms with E-state index in [-0.39, 0.29) is 18.7 Å². The first-order chi connectivity index (χ1) is 12.3. The molecule has 0 aliphatic rings. The van der Waals surface area contributed by atoms with E-state index in [1.165, 1.54) is 0 Å². The van der Waals surface area contributed by atoms with E-state index in [4.69, 9.17) is 9.52 Å². The van der Waals surface area contributed by atoms with E-state index in [2.05, 4.69) is 10.6 Å². The van der Waals surface area contributed by atoms with Crippen LogP contribution in [-0.4, -0.2) is 17.7 Å². The molecule has 0 radical (unpaired) electrons. The lowest BCUT2D eigenvalue weighted by Crippen LogP contribution is -2.37. The maximum absolute atomic E-state index is 12.3. The largest absolute Gasteiger partial charge is 0.459 e. The number of fused-ring (bicyclic) bond motifs is 1. The molecule has 5 nitrogen and oxygen atoms in total. The highest BCUT2D eigenvalue weighted by atomic mass is 16.3. The number of benzene rings is 2. The van der Waals surface area contributed by atoms with Gasteiger partial charge in [-0.15, -0.1) is 0 Å². The molecule has 0 aliphatic carbocycles. The Balaban J connectivity index is 1.59. The van der Waals surface area contributed by atoms with Crippen LogP contribution in [0.4, 0.5) is 4.79 Å². The van der Waals surface area contributed by atoms with Crippen molar-refractivity contribution in [3.05, 3.63) is 72.0 Å². The number of hydrogen-bond donors (Lipinski definition) is 3. The van der Waals surface area contributed by atoms with Crippen molar-refractivity contribution in [3.8, 4) is 0 Å². The molecule has 0 fully saturated rings. The summed E-state index contributed by atoms with van der Waals surface area (Å²) in [5, 5.41) is 15.9. The first kappa shape index (κ1) is 17.0. The molecule has 130 valence electrons. The van der Waals surface area contributed by atoms with Gasteiger partial charge in [0.1, 0.15) is 11.3 Å². The standard InChI is InChI=1S/C20H22N2O3/c23-12-6-10-18(15-7-2-1-3-8-15)22-20(24)21-14-17-13-16-9-4-5-11-19(16)25-17/h1-5,7-9,11,13,18,23H,6,10,12,14H2,(H2,21,22,24). The van der Waals surface area contributed by atoms with Gasteiger partial charge in [0.25, 0.3) is 0 Å². The van der Waals surface area contributed by atoms with Crippen molar-refractivity contribution < 1.29 is 14.3 Å². The van der Waals surface area contributed by atoms with Crippen LogP contribution in [-0.2, 0) is 6.54 Å². The Labute approximate surface area is 146 Å². The molecule has 3 N–H and O–H groups in total. The second-order valence-corrected chi connectivity index (χ2v) is 5.91. The van der Waals surface area contributed by atoms with Gasteiger partial charge in [0.2, 0.25) is 0 Å². The summed E-state index contributed by atoms with van der Waals surface area (Å²) in [5.41, 5.74) is 1.83. The summed E-state index contributed by atoms with van der Waals surface area (Å²) in [6, 6.07) is 19.0. The minimum absolute atomic E-state index is 0.103. The van der Waals surface area contributed by atoms with Crippen molar-refractivity contribution in [1.82, 2.24) is 10.6 Å². The van der Waals surface area contributed by atoms with Gasteiger partial charge >= 0.3 is 6.03 Å². The van der Waals surface area contributed by atoms with Crippen LogP contribution >= 0.6 is 0 Å². The Morgan fingerprint density at radius 3 is 2.60 bits per heavy atom. The van der Waals surface area contributed by atoms with E-state index < -0.39 is 0 Å². The number of nitrogens with one attached hydrogen (secondary N) is 2. The van der Waals surface area contributed by atoms with Gasteiger partial charge in [-0.05, 0) is 30.5 Å². The van der Waals surface area contributed by atoms with Crippen LogP contribution in [0.3, 0.4) is 0 Å². The highest BCUT2D eigenvalue weighted by Crippen LogP contribution is 2.19. The molecule has 1 heterocycles. The number of aliphatic hydroxyl groups excluding tert-OH is 1. The van der Waals surface area contributed by atoms with Gasteiger partial charge in [-0.25, -0.2) is 4.79 Å². The summed E-state index contributed by atoms with van der Waals surface area (Å²) in [7, 11) is 0. The number of carbonyl (C=O) groups excluding carboxylic acids is 1. The summed E-state index contributed by atoms with van der Waals surface area (Å²) in [6.07, 6.45) is 1.31. The summed E-state index contributed by atoms with van der Waals surface area (Å²) in [5.74, 6) is 0.711. The minimum Gasteiger partial charge on any atom is -0.459 e. The van der Waals surface area contributed by atoms with Crippen LogP contribution in [0, 0.1) is 0 Å². The second-order valence-electron chi connectivity index (χ2n) is 5.91. The predicted molar refractivity (Wildman–Crippen MR) is 97.1 cm³/mol. The van der Waals surface area contributed by atoms with Gasteiger partial charge in [0.05, 0.1) is 12.6 Å². The van der Waals surface area contributed by atoms with Crippen molar-refractivity contribution in [1.29, 1.82) is 0 Å². The second kappa shape index (κ2) is 8.35. The number of hydrogen-bond acceptors (Lipinski definition) is 3. The summed E-state index contributed by atoms with van der Waals surface area (Å²) in [4.78, 5) is 12.3. The molecule has 25 heavy (non-hydrogen) atoms. The Kier molecular flexibility index (Phi) is 5.69. The smallest absolute Gasteiger partial charge is 0.315 e. The quantitative estimate of drug-likeness (QED) is 0.614. The van der Waals surface area contributed by atoms with Gasteiger partial charge < -0.3 is 20.2 Å². The highest BCUT2D eigenvalue weighted by molar-refractivity contribution is 5.78. The van der Waals surface area contributed by atoms with Gasteiger partial charge in [-0.2, -0.15) is 0 Å². The molecule has 3 rings (SSSR count). The molecule has 0 aliphatic heterocycles. The summed E-state index contributed by atoms with van der Waals surface area (Å²) < 4.78 is 5.70. The molecule has 3 aromatic rings. The maximum atomic E-state index is 12.3. The predicted octanol–water partition coefficient (Wildman–Crippen LogP) is 3.75. The van der Waals surface area contributed by atoms with Gasteiger partial charge in [-0.1, -0.05) is 48.5 Å². The highest BCUT2D eigenvalue weighted by Gasteiger charge is 2.14. The number of urea groups is 1. The zero-order valence-electron chi connectivity index (χ0n) is 13.9. The number of aliphatic hydroxyl groups is 1. The molecule has 0 bridgehead atoms. The van der Waals surface area contributed by atoms with Crippen LogP contribution in [0.15, 0.2) is 65.1 Å². The molecule has 1 unspecified atom stereocenters. The lowest BCUT2D eigenvalue weighted by Gasteiger charge is -2.19. The molecule has 0 spiro atoms. The van der Waals surface area contributed by atoms with Crippen molar-refractivity contribution in [3.63, 3.8) is 0 Å². The van der Waals surface area contributed by atoms with Gasteiger partial charge in [-0.3, -0.25) is 0 Å². The van der Waals surface area contributed by atoms with Crippen LogP contribution < -0.4 is 10.6 Å². The van der Waals surface area contributed by atoms with Crippen molar-refractivity contribution in [2.75, 3.05) is 6.61 Å². The molecule has 2 amide bonds. The number of amides is 2. The first-order valence-electron chi connectivity index (χ1n) is 8.44. The zero-order valence-corrected chi connectivity index (χ0v) is 13.9. The maximum Gasteiger partial charge on any atom is 0.315 e. The first-order valence-corrected chi connectivity index (χ1v) is 8.44. The van der Waals surface area contributed by atoms with E-state index >= 15 is 0 Å². The third kappa shape index (κ3) is 4.61. The molecular formula is C20H22N2O3. The van der Waals surface area contributed by atoms with Crippen molar-refractivity contribution in [2.24, 2.45) is 0 Å². The summed E-state index contributed by atoms with van der Waals surface area (Å²) in [6.45, 7) is 0.424. The van der Waals surface area contributed by atoms with E-state index in [0.29, 0.717) is 25.1 Å².